The molecule has 0 saturated carbocycles. The van der Waals surface area contributed by atoms with Crippen LogP contribution in [0.5, 0.6) is 0 Å². The number of hydrogen-bond acceptors (Lipinski definition) is 4. The van der Waals surface area contributed by atoms with Gasteiger partial charge in [-0.1, -0.05) is 23.4 Å². The third kappa shape index (κ3) is 6.85. The first-order valence-corrected chi connectivity index (χ1v) is 10.7. The Morgan fingerprint density at radius 1 is 1.28 bits per heavy atom. The maximum absolute atomic E-state index is 13.1. The van der Waals surface area contributed by atoms with E-state index in [-0.39, 0.29) is 11.7 Å². The van der Waals surface area contributed by atoms with Crippen LogP contribution in [0.3, 0.4) is 0 Å². The highest BCUT2D eigenvalue weighted by atomic mass is 35.5. The summed E-state index contributed by atoms with van der Waals surface area (Å²) in [4.78, 5) is 16.3. The number of aryl methyl sites for hydroxylation is 1. The molecule has 0 radical (unpaired) electrons. The van der Waals surface area contributed by atoms with Crippen LogP contribution < -0.4 is 5.32 Å². The van der Waals surface area contributed by atoms with Crippen LogP contribution >= 0.6 is 23.4 Å². The minimum absolute atomic E-state index is 0.142. The van der Waals surface area contributed by atoms with Crippen molar-refractivity contribution in [2.24, 2.45) is 0 Å². The van der Waals surface area contributed by atoms with Crippen molar-refractivity contribution in [3.05, 3.63) is 64.4 Å². The SMILES string of the molecule is Cc1cc(C=CC(=O)NCCN2CCOCC2)c(Cl)cc1Sc1ccc(F)cc1. The van der Waals surface area contributed by atoms with Crippen LogP contribution in [0.15, 0.2) is 52.3 Å². The molecule has 0 spiro atoms. The van der Waals surface area contributed by atoms with Crippen molar-refractivity contribution in [3.63, 3.8) is 0 Å². The molecule has 0 atom stereocenters. The van der Waals surface area contributed by atoms with Crippen molar-refractivity contribution in [1.82, 2.24) is 10.2 Å². The molecule has 1 aliphatic rings. The Hall–Kier alpha value is -1.86. The normalized spacial score (nSPS) is 15.0. The molecule has 1 heterocycles. The molecule has 1 amide bonds. The zero-order valence-corrected chi connectivity index (χ0v) is 17.9. The number of nitrogens with one attached hydrogen (secondary N) is 1. The molecule has 4 nitrogen and oxygen atoms in total. The van der Waals surface area contributed by atoms with Gasteiger partial charge in [-0.2, -0.15) is 0 Å². The minimum Gasteiger partial charge on any atom is -0.379 e. The van der Waals surface area contributed by atoms with E-state index < -0.39 is 0 Å². The van der Waals surface area contributed by atoms with Crippen molar-refractivity contribution in [2.75, 3.05) is 39.4 Å². The Bertz CT molecular complexity index is 868. The fourth-order valence-electron chi connectivity index (χ4n) is 2.94. The molecule has 7 heteroatoms. The van der Waals surface area contributed by atoms with Gasteiger partial charge in [0.1, 0.15) is 5.82 Å². The van der Waals surface area contributed by atoms with Gasteiger partial charge in [-0.3, -0.25) is 9.69 Å². The molecule has 154 valence electrons. The second-order valence-corrected chi connectivity index (χ2v) is 8.30. The Morgan fingerprint density at radius 2 is 2.00 bits per heavy atom. The lowest BCUT2D eigenvalue weighted by Crippen LogP contribution is -2.41. The third-order valence-electron chi connectivity index (χ3n) is 4.58. The number of carbonyl (C=O) groups is 1. The maximum atomic E-state index is 13.1. The van der Waals surface area contributed by atoms with E-state index in [4.69, 9.17) is 16.3 Å². The van der Waals surface area contributed by atoms with E-state index in [2.05, 4.69) is 10.2 Å². The molecule has 0 bridgehead atoms. The number of ether oxygens (including phenoxy) is 1. The summed E-state index contributed by atoms with van der Waals surface area (Å²) in [6.07, 6.45) is 3.23. The second kappa shape index (κ2) is 10.8. The lowest BCUT2D eigenvalue weighted by Gasteiger charge is -2.26. The molecule has 1 N–H and O–H groups in total. The topological polar surface area (TPSA) is 41.6 Å². The van der Waals surface area contributed by atoms with Gasteiger partial charge in [0, 0.05) is 47.1 Å². The lowest BCUT2D eigenvalue weighted by atomic mass is 10.1. The first-order chi connectivity index (χ1) is 14.0. The number of benzene rings is 2. The highest BCUT2D eigenvalue weighted by molar-refractivity contribution is 7.99. The summed E-state index contributed by atoms with van der Waals surface area (Å²) in [6, 6.07) is 10.2. The van der Waals surface area contributed by atoms with Gasteiger partial charge >= 0.3 is 0 Å². The molecule has 3 rings (SSSR count). The molecule has 2 aromatic rings. The van der Waals surface area contributed by atoms with E-state index in [9.17, 15) is 9.18 Å². The monoisotopic (exact) mass is 434 g/mol. The summed E-state index contributed by atoms with van der Waals surface area (Å²) < 4.78 is 18.4. The van der Waals surface area contributed by atoms with Crippen molar-refractivity contribution in [2.45, 2.75) is 16.7 Å². The minimum atomic E-state index is -0.257. The Kier molecular flexibility index (Phi) is 8.12. The zero-order valence-electron chi connectivity index (χ0n) is 16.3. The van der Waals surface area contributed by atoms with E-state index in [0.717, 1.165) is 53.8 Å². The highest BCUT2D eigenvalue weighted by Crippen LogP contribution is 2.34. The number of hydrogen-bond donors (Lipinski definition) is 1. The van der Waals surface area contributed by atoms with Crippen LogP contribution in [-0.4, -0.2) is 50.2 Å². The van der Waals surface area contributed by atoms with Crippen molar-refractivity contribution in [3.8, 4) is 0 Å². The second-order valence-electron chi connectivity index (χ2n) is 6.77. The molecule has 0 unspecified atom stereocenters. The van der Waals surface area contributed by atoms with Crippen LogP contribution in [0.25, 0.3) is 6.08 Å². The molecule has 29 heavy (non-hydrogen) atoms. The number of morpholine rings is 1. The highest BCUT2D eigenvalue weighted by Gasteiger charge is 2.10. The van der Waals surface area contributed by atoms with Gasteiger partial charge in [-0.15, -0.1) is 0 Å². The van der Waals surface area contributed by atoms with E-state index in [1.165, 1.54) is 30.0 Å². The largest absolute Gasteiger partial charge is 0.379 e. The number of rotatable bonds is 7. The molecule has 0 aliphatic carbocycles. The number of halogens is 2. The molecule has 0 aromatic heterocycles. The van der Waals surface area contributed by atoms with Crippen molar-refractivity contribution < 1.29 is 13.9 Å². The Morgan fingerprint density at radius 3 is 2.72 bits per heavy atom. The summed E-state index contributed by atoms with van der Waals surface area (Å²) in [5.74, 6) is -0.399. The average Bonchev–Trinajstić information content (AvgIpc) is 2.72. The van der Waals surface area contributed by atoms with Crippen LogP contribution in [0, 0.1) is 12.7 Å². The number of amides is 1. The van der Waals surface area contributed by atoms with E-state index >= 15 is 0 Å². The van der Waals surface area contributed by atoms with Gasteiger partial charge in [0.15, 0.2) is 0 Å². The fraction of sp³-hybridized carbons (Fsp3) is 0.318. The maximum Gasteiger partial charge on any atom is 0.244 e. The van der Waals surface area contributed by atoms with Crippen molar-refractivity contribution >= 4 is 35.3 Å². The van der Waals surface area contributed by atoms with Crippen molar-refractivity contribution in [1.29, 1.82) is 0 Å². The summed E-state index contributed by atoms with van der Waals surface area (Å²) >= 11 is 7.93. The smallest absolute Gasteiger partial charge is 0.244 e. The molecule has 1 aliphatic heterocycles. The standard InChI is InChI=1S/C22H24ClFN2O2S/c1-16-14-17(2-7-22(27)25-8-9-26-10-12-28-13-11-26)20(23)15-21(16)29-19-5-3-18(24)4-6-19/h2-7,14-15H,8-13H2,1H3,(H,25,27). The van der Waals surface area contributed by atoms with Crippen LogP contribution in [-0.2, 0) is 9.53 Å². The predicted octanol–water partition coefficient (Wildman–Crippen LogP) is 4.40. The molecular weight excluding hydrogens is 411 g/mol. The quantitative estimate of drug-likeness (QED) is 0.656. The van der Waals surface area contributed by atoms with Crippen LogP contribution in [0.4, 0.5) is 4.39 Å². The summed E-state index contributed by atoms with van der Waals surface area (Å²) in [6.45, 7) is 6.72. The third-order valence-corrected chi connectivity index (χ3v) is 6.08. The first-order valence-electron chi connectivity index (χ1n) is 9.51. The van der Waals surface area contributed by atoms with Gasteiger partial charge < -0.3 is 10.1 Å². The lowest BCUT2D eigenvalue weighted by molar-refractivity contribution is -0.116. The summed E-state index contributed by atoms with van der Waals surface area (Å²) in [7, 11) is 0. The predicted molar refractivity (Wildman–Crippen MR) is 116 cm³/mol. The molecular formula is C22H24ClFN2O2S. The van der Waals surface area contributed by atoms with E-state index in [1.54, 1.807) is 18.2 Å². The average molecular weight is 435 g/mol. The summed E-state index contributed by atoms with van der Waals surface area (Å²) in [5.41, 5.74) is 1.83. The molecule has 1 fully saturated rings. The van der Waals surface area contributed by atoms with Gasteiger partial charge in [0.05, 0.1) is 13.2 Å². The van der Waals surface area contributed by atoms with E-state index in [0.29, 0.717) is 11.6 Å². The Labute approximate surface area is 180 Å². The molecule has 1 saturated heterocycles. The molecule has 2 aromatic carbocycles. The number of carbonyl (C=O) groups excluding carboxylic acids is 1. The zero-order chi connectivity index (χ0) is 20.6. The first kappa shape index (κ1) is 21.8. The fourth-order valence-corrected chi connectivity index (χ4v) is 4.15. The van der Waals surface area contributed by atoms with Gasteiger partial charge in [0.25, 0.3) is 0 Å². The summed E-state index contributed by atoms with van der Waals surface area (Å²) in [5, 5.41) is 3.46. The van der Waals surface area contributed by atoms with Gasteiger partial charge in [-0.25, -0.2) is 4.39 Å². The Balaban J connectivity index is 1.55. The van der Waals surface area contributed by atoms with Crippen LogP contribution in [0.2, 0.25) is 5.02 Å². The van der Waals surface area contributed by atoms with Crippen LogP contribution in [0.1, 0.15) is 11.1 Å². The van der Waals surface area contributed by atoms with E-state index in [1.807, 2.05) is 19.1 Å². The number of nitrogens with zero attached hydrogens (tertiary/aromatic N) is 1. The van der Waals surface area contributed by atoms with Gasteiger partial charge in [-0.05, 0) is 60.5 Å². The van der Waals surface area contributed by atoms with Gasteiger partial charge in [0.2, 0.25) is 5.91 Å².